The molecular weight excluding hydrogens is 312 g/mol. The summed E-state index contributed by atoms with van der Waals surface area (Å²) in [6.07, 6.45) is 0. The Bertz CT molecular complexity index is 518. The van der Waals surface area contributed by atoms with E-state index in [1.165, 1.54) is 5.01 Å². The van der Waals surface area contributed by atoms with Gasteiger partial charge in [0.2, 0.25) is 5.91 Å². The van der Waals surface area contributed by atoms with Crippen LogP contribution in [0.1, 0.15) is 31.5 Å². The van der Waals surface area contributed by atoms with Crippen LogP contribution in [-0.2, 0) is 21.5 Å². The summed E-state index contributed by atoms with van der Waals surface area (Å²) in [4.78, 5) is 21.1. The quantitative estimate of drug-likeness (QED) is 0.868. The van der Waals surface area contributed by atoms with Gasteiger partial charge in [0.25, 0.3) is 0 Å². The molecule has 1 fully saturated rings. The molecule has 2 rings (SSSR count). The van der Waals surface area contributed by atoms with Gasteiger partial charge in [0.15, 0.2) is 0 Å². The van der Waals surface area contributed by atoms with Gasteiger partial charge in [-0.1, -0.05) is 20.8 Å². The second kappa shape index (κ2) is 7.70. The van der Waals surface area contributed by atoms with Crippen LogP contribution in [0.3, 0.4) is 0 Å². The molecule has 0 saturated carbocycles. The summed E-state index contributed by atoms with van der Waals surface area (Å²) in [5.74, 6) is -0.0184. The van der Waals surface area contributed by atoms with Crippen LogP contribution in [-0.4, -0.2) is 66.6 Å². The number of methoxy groups -OCH3 is 1. The predicted molar refractivity (Wildman–Crippen MR) is 92.5 cm³/mol. The average Bonchev–Trinajstić information content (AvgIpc) is 2.96. The number of amides is 1. The van der Waals surface area contributed by atoms with E-state index in [0.29, 0.717) is 13.1 Å². The van der Waals surface area contributed by atoms with Gasteiger partial charge in [-0.25, -0.2) is 4.98 Å². The number of thiazole rings is 1. The summed E-state index contributed by atoms with van der Waals surface area (Å²) >= 11 is 1.73. The van der Waals surface area contributed by atoms with Gasteiger partial charge in [-0.15, -0.1) is 11.3 Å². The average molecular weight is 340 g/mol. The lowest BCUT2D eigenvalue weighted by Crippen LogP contribution is -2.53. The largest absolute Gasteiger partial charge is 0.383 e. The number of rotatable bonds is 5. The third-order valence-electron chi connectivity index (χ3n) is 3.93. The van der Waals surface area contributed by atoms with Crippen molar-refractivity contribution in [1.82, 2.24) is 14.8 Å². The van der Waals surface area contributed by atoms with E-state index in [9.17, 15) is 4.79 Å². The Kier molecular flexibility index (Phi) is 6.13. The van der Waals surface area contributed by atoms with Crippen LogP contribution in [0.2, 0.25) is 0 Å². The van der Waals surface area contributed by atoms with Gasteiger partial charge < -0.3 is 15.4 Å². The molecule has 2 heterocycles. The molecule has 2 N–H and O–H groups in total. The lowest BCUT2D eigenvalue weighted by atomic mass is 9.98. The molecule has 1 amide bonds. The normalized spacial score (nSPS) is 18.2. The van der Waals surface area contributed by atoms with Crippen molar-refractivity contribution >= 4 is 17.2 Å². The maximum absolute atomic E-state index is 12.2. The first-order valence-electron chi connectivity index (χ1n) is 8.02. The Balaban J connectivity index is 1.83. The van der Waals surface area contributed by atoms with Gasteiger partial charge in [0.05, 0.1) is 17.3 Å². The zero-order valence-corrected chi connectivity index (χ0v) is 15.4. The van der Waals surface area contributed by atoms with Gasteiger partial charge >= 0.3 is 0 Å². The minimum atomic E-state index is -0.556. The second-order valence-electron chi connectivity index (χ2n) is 7.06. The van der Waals surface area contributed by atoms with E-state index in [2.05, 4.69) is 31.1 Å². The van der Waals surface area contributed by atoms with Gasteiger partial charge in [0.1, 0.15) is 6.04 Å². The summed E-state index contributed by atoms with van der Waals surface area (Å²) in [7, 11) is 1.56. The number of carbonyl (C=O) groups excluding carboxylic acids is 1. The standard InChI is InChI=1S/C16H28N4O2S/c1-16(2,3)15-18-12(11-23-15)9-19-5-7-20(8-6-19)14(21)13(17)10-22-4/h11,13H,5-10,17H2,1-4H3. The molecule has 1 aromatic rings. The smallest absolute Gasteiger partial charge is 0.241 e. The molecule has 0 radical (unpaired) electrons. The summed E-state index contributed by atoms with van der Waals surface area (Å²) in [5.41, 5.74) is 7.05. The molecular formula is C16H28N4O2S. The Labute approximate surface area is 142 Å². The molecule has 1 atom stereocenters. The van der Waals surface area contributed by atoms with Crippen molar-refractivity contribution in [2.75, 3.05) is 39.9 Å². The first kappa shape index (κ1) is 18.3. The zero-order chi connectivity index (χ0) is 17.0. The molecule has 130 valence electrons. The Morgan fingerprint density at radius 3 is 2.57 bits per heavy atom. The molecule has 1 unspecified atom stereocenters. The van der Waals surface area contributed by atoms with Gasteiger partial charge in [-0.2, -0.15) is 0 Å². The molecule has 0 aromatic carbocycles. The number of piperazine rings is 1. The summed E-state index contributed by atoms with van der Waals surface area (Å²) in [6.45, 7) is 10.8. The fourth-order valence-electron chi connectivity index (χ4n) is 2.56. The van der Waals surface area contributed by atoms with E-state index in [1.807, 2.05) is 4.90 Å². The Morgan fingerprint density at radius 2 is 2.04 bits per heavy atom. The SMILES string of the molecule is COCC(N)C(=O)N1CCN(Cc2csc(C(C)(C)C)n2)CC1. The van der Waals surface area contributed by atoms with Crippen molar-refractivity contribution in [3.05, 3.63) is 16.1 Å². The van der Waals surface area contributed by atoms with Crippen LogP contribution in [0.15, 0.2) is 5.38 Å². The van der Waals surface area contributed by atoms with Gasteiger partial charge in [-0.05, 0) is 0 Å². The Morgan fingerprint density at radius 1 is 1.39 bits per heavy atom. The fraction of sp³-hybridized carbons (Fsp3) is 0.750. The van der Waals surface area contributed by atoms with E-state index < -0.39 is 6.04 Å². The summed E-state index contributed by atoms with van der Waals surface area (Å²) in [6, 6.07) is -0.556. The maximum atomic E-state index is 12.2. The predicted octanol–water partition coefficient (Wildman–Crippen LogP) is 1.06. The highest BCUT2D eigenvalue weighted by Gasteiger charge is 2.26. The highest BCUT2D eigenvalue weighted by Crippen LogP contribution is 2.26. The van der Waals surface area contributed by atoms with Crippen LogP contribution in [0.5, 0.6) is 0 Å². The van der Waals surface area contributed by atoms with Crippen molar-refractivity contribution in [2.24, 2.45) is 5.73 Å². The number of carbonyl (C=O) groups is 1. The third-order valence-corrected chi connectivity index (χ3v) is 5.24. The maximum Gasteiger partial charge on any atom is 0.241 e. The minimum Gasteiger partial charge on any atom is -0.383 e. The monoisotopic (exact) mass is 340 g/mol. The van der Waals surface area contributed by atoms with Crippen molar-refractivity contribution in [3.8, 4) is 0 Å². The molecule has 1 aliphatic rings. The summed E-state index contributed by atoms with van der Waals surface area (Å²) < 4.78 is 4.96. The number of hydrogen-bond donors (Lipinski definition) is 1. The molecule has 0 spiro atoms. The number of nitrogens with zero attached hydrogens (tertiary/aromatic N) is 3. The molecule has 6 nitrogen and oxygen atoms in total. The van der Waals surface area contributed by atoms with Crippen LogP contribution in [0.4, 0.5) is 0 Å². The highest BCUT2D eigenvalue weighted by atomic mass is 32.1. The molecule has 0 aliphatic carbocycles. The highest BCUT2D eigenvalue weighted by molar-refractivity contribution is 7.09. The van der Waals surface area contributed by atoms with Crippen molar-refractivity contribution < 1.29 is 9.53 Å². The van der Waals surface area contributed by atoms with E-state index in [0.717, 1.165) is 25.3 Å². The van der Waals surface area contributed by atoms with Crippen LogP contribution in [0, 0.1) is 0 Å². The molecule has 23 heavy (non-hydrogen) atoms. The van der Waals surface area contributed by atoms with E-state index >= 15 is 0 Å². The van der Waals surface area contributed by atoms with E-state index in [4.69, 9.17) is 15.5 Å². The lowest BCUT2D eigenvalue weighted by Gasteiger charge is -2.35. The van der Waals surface area contributed by atoms with Crippen LogP contribution >= 0.6 is 11.3 Å². The molecule has 7 heteroatoms. The van der Waals surface area contributed by atoms with Crippen LogP contribution in [0.25, 0.3) is 0 Å². The Hall–Kier alpha value is -1.02. The topological polar surface area (TPSA) is 71.7 Å². The second-order valence-corrected chi connectivity index (χ2v) is 7.92. The van der Waals surface area contributed by atoms with Gasteiger partial charge in [0, 0.05) is 50.6 Å². The molecule has 1 aliphatic heterocycles. The van der Waals surface area contributed by atoms with Crippen molar-refractivity contribution in [2.45, 2.75) is 38.8 Å². The zero-order valence-electron chi connectivity index (χ0n) is 14.5. The number of nitrogens with two attached hydrogens (primary N) is 1. The van der Waals surface area contributed by atoms with Crippen molar-refractivity contribution in [3.63, 3.8) is 0 Å². The van der Waals surface area contributed by atoms with Gasteiger partial charge in [-0.3, -0.25) is 9.69 Å². The lowest BCUT2D eigenvalue weighted by molar-refractivity contribution is -0.135. The molecule has 0 bridgehead atoms. The van der Waals surface area contributed by atoms with E-state index in [-0.39, 0.29) is 17.9 Å². The third kappa shape index (κ3) is 4.97. The molecule has 1 saturated heterocycles. The summed E-state index contributed by atoms with van der Waals surface area (Å²) in [5, 5.41) is 3.32. The number of hydrogen-bond acceptors (Lipinski definition) is 6. The van der Waals surface area contributed by atoms with Crippen LogP contribution < -0.4 is 5.73 Å². The van der Waals surface area contributed by atoms with Crippen molar-refractivity contribution in [1.29, 1.82) is 0 Å². The fourth-order valence-corrected chi connectivity index (χ4v) is 3.46. The first-order chi connectivity index (χ1) is 10.8. The van der Waals surface area contributed by atoms with E-state index in [1.54, 1.807) is 18.4 Å². The number of aromatic nitrogens is 1. The first-order valence-corrected chi connectivity index (χ1v) is 8.89. The number of ether oxygens (including phenoxy) is 1. The minimum absolute atomic E-state index is 0.0184. The molecule has 1 aromatic heterocycles.